The molecule has 1 aromatic carbocycles. The maximum absolute atomic E-state index is 10.7. The molecule has 2 aromatic rings. The lowest BCUT2D eigenvalue weighted by Gasteiger charge is -2.00. The summed E-state index contributed by atoms with van der Waals surface area (Å²) >= 11 is 0. The highest BCUT2D eigenvalue weighted by molar-refractivity contribution is 5.93. The molecule has 0 aliphatic rings. The average molecular weight is 205 g/mol. The van der Waals surface area contributed by atoms with Crippen LogP contribution >= 0.6 is 0 Å². The van der Waals surface area contributed by atoms with Crippen molar-refractivity contribution in [2.24, 2.45) is 5.73 Å². The molecule has 5 nitrogen and oxygen atoms in total. The van der Waals surface area contributed by atoms with Gasteiger partial charge in [-0.15, -0.1) is 0 Å². The summed E-state index contributed by atoms with van der Waals surface area (Å²) in [6.45, 7) is 1.15. The van der Waals surface area contributed by atoms with E-state index >= 15 is 0 Å². The summed E-state index contributed by atoms with van der Waals surface area (Å²) < 4.78 is 1.76. The van der Waals surface area contributed by atoms with E-state index in [1.54, 1.807) is 29.1 Å². The Morgan fingerprint density at radius 2 is 2.33 bits per heavy atom. The van der Waals surface area contributed by atoms with Gasteiger partial charge in [-0.3, -0.25) is 4.68 Å². The third kappa shape index (κ3) is 1.69. The largest absolute Gasteiger partial charge is 0.478 e. The Bertz CT molecular complexity index is 504. The summed E-state index contributed by atoms with van der Waals surface area (Å²) in [6.07, 6.45) is 1.65. The smallest absolute Gasteiger partial charge is 0.335 e. The van der Waals surface area contributed by atoms with Crippen molar-refractivity contribution in [3.8, 4) is 0 Å². The normalized spacial score (nSPS) is 10.7. The summed E-state index contributed by atoms with van der Waals surface area (Å²) in [5, 5.41) is 13.8. The van der Waals surface area contributed by atoms with Gasteiger partial charge in [-0.25, -0.2) is 4.79 Å². The number of carbonyl (C=O) groups is 1. The first kappa shape index (κ1) is 9.67. The predicted octanol–water partition coefficient (Wildman–Crippen LogP) is 0.693. The third-order valence-electron chi connectivity index (χ3n) is 2.23. The van der Waals surface area contributed by atoms with Crippen LogP contribution in [0.2, 0.25) is 0 Å². The molecule has 15 heavy (non-hydrogen) atoms. The van der Waals surface area contributed by atoms with Crippen molar-refractivity contribution in [1.82, 2.24) is 9.78 Å². The molecular formula is C10H11N3O2. The molecule has 0 aliphatic carbocycles. The second kappa shape index (κ2) is 3.70. The lowest BCUT2D eigenvalue weighted by Crippen LogP contribution is -2.10. The predicted molar refractivity (Wildman–Crippen MR) is 55.7 cm³/mol. The van der Waals surface area contributed by atoms with Crippen molar-refractivity contribution in [3.63, 3.8) is 0 Å². The molecule has 0 bridgehead atoms. The molecule has 0 fully saturated rings. The van der Waals surface area contributed by atoms with Gasteiger partial charge in [-0.1, -0.05) is 0 Å². The van der Waals surface area contributed by atoms with E-state index in [1.807, 2.05) is 0 Å². The van der Waals surface area contributed by atoms with Crippen LogP contribution in [-0.2, 0) is 6.54 Å². The van der Waals surface area contributed by atoms with E-state index in [9.17, 15) is 4.79 Å². The van der Waals surface area contributed by atoms with E-state index < -0.39 is 5.97 Å². The lowest BCUT2D eigenvalue weighted by atomic mass is 10.1. The fraction of sp³-hybridized carbons (Fsp3) is 0.200. The summed E-state index contributed by atoms with van der Waals surface area (Å²) in [5.74, 6) is -0.927. The Hall–Kier alpha value is -1.88. The maximum Gasteiger partial charge on any atom is 0.335 e. The lowest BCUT2D eigenvalue weighted by molar-refractivity contribution is 0.0697. The zero-order valence-electron chi connectivity index (χ0n) is 8.05. The zero-order valence-corrected chi connectivity index (χ0v) is 8.05. The Morgan fingerprint density at radius 1 is 1.53 bits per heavy atom. The van der Waals surface area contributed by atoms with Gasteiger partial charge >= 0.3 is 5.97 Å². The fourth-order valence-corrected chi connectivity index (χ4v) is 1.52. The summed E-state index contributed by atoms with van der Waals surface area (Å²) in [6, 6.07) is 4.93. The second-order valence-corrected chi connectivity index (χ2v) is 3.24. The quantitative estimate of drug-likeness (QED) is 0.772. The fourth-order valence-electron chi connectivity index (χ4n) is 1.52. The molecule has 1 aromatic heterocycles. The van der Waals surface area contributed by atoms with E-state index in [1.165, 1.54) is 0 Å². The molecule has 0 saturated heterocycles. The van der Waals surface area contributed by atoms with Crippen LogP contribution in [0.5, 0.6) is 0 Å². The molecule has 1 heterocycles. The van der Waals surface area contributed by atoms with E-state index in [-0.39, 0.29) is 5.56 Å². The molecular weight excluding hydrogens is 194 g/mol. The number of fused-ring (bicyclic) bond motifs is 1. The number of aromatic carboxylic acids is 1. The van der Waals surface area contributed by atoms with Crippen LogP contribution in [-0.4, -0.2) is 27.4 Å². The molecule has 0 atom stereocenters. The Morgan fingerprint density at radius 3 is 3.00 bits per heavy atom. The van der Waals surface area contributed by atoms with Crippen molar-refractivity contribution in [2.75, 3.05) is 6.54 Å². The maximum atomic E-state index is 10.7. The van der Waals surface area contributed by atoms with Gasteiger partial charge in [0.2, 0.25) is 0 Å². The van der Waals surface area contributed by atoms with E-state index in [4.69, 9.17) is 10.8 Å². The van der Waals surface area contributed by atoms with Gasteiger partial charge < -0.3 is 10.8 Å². The summed E-state index contributed by atoms with van der Waals surface area (Å²) in [4.78, 5) is 10.7. The molecule has 78 valence electrons. The number of carboxylic acid groups (broad SMARTS) is 1. The number of hydrogen-bond acceptors (Lipinski definition) is 3. The van der Waals surface area contributed by atoms with Gasteiger partial charge in [0.1, 0.15) is 0 Å². The third-order valence-corrected chi connectivity index (χ3v) is 2.23. The average Bonchev–Trinajstić information content (AvgIpc) is 2.61. The van der Waals surface area contributed by atoms with Crippen LogP contribution in [0, 0.1) is 0 Å². The van der Waals surface area contributed by atoms with Gasteiger partial charge in [-0.05, 0) is 18.2 Å². The van der Waals surface area contributed by atoms with Crippen LogP contribution in [0.4, 0.5) is 0 Å². The van der Waals surface area contributed by atoms with Crippen LogP contribution < -0.4 is 5.73 Å². The highest BCUT2D eigenvalue weighted by Crippen LogP contribution is 2.15. The van der Waals surface area contributed by atoms with Gasteiger partial charge in [0.25, 0.3) is 0 Å². The van der Waals surface area contributed by atoms with Crippen molar-refractivity contribution >= 4 is 16.9 Å². The minimum absolute atomic E-state index is 0.273. The molecule has 0 unspecified atom stereocenters. The first-order valence-corrected chi connectivity index (χ1v) is 4.61. The molecule has 0 spiro atoms. The number of hydrogen-bond donors (Lipinski definition) is 2. The van der Waals surface area contributed by atoms with E-state index in [0.717, 1.165) is 10.9 Å². The Labute approximate surface area is 86.1 Å². The number of benzene rings is 1. The van der Waals surface area contributed by atoms with Gasteiger partial charge in [-0.2, -0.15) is 5.10 Å². The van der Waals surface area contributed by atoms with E-state index in [2.05, 4.69) is 5.10 Å². The molecule has 3 N–H and O–H groups in total. The van der Waals surface area contributed by atoms with Crippen LogP contribution in [0.15, 0.2) is 24.4 Å². The number of aromatic nitrogens is 2. The highest BCUT2D eigenvalue weighted by Gasteiger charge is 2.06. The molecule has 5 heteroatoms. The molecule has 0 saturated carbocycles. The topological polar surface area (TPSA) is 81.1 Å². The van der Waals surface area contributed by atoms with Crippen LogP contribution in [0.1, 0.15) is 10.4 Å². The number of carboxylic acids is 1. The summed E-state index contributed by atoms with van der Waals surface area (Å²) in [7, 11) is 0. The number of nitrogens with zero attached hydrogens (tertiary/aromatic N) is 2. The second-order valence-electron chi connectivity index (χ2n) is 3.24. The summed E-state index contributed by atoms with van der Waals surface area (Å²) in [5.41, 5.74) is 6.61. The molecule has 2 rings (SSSR count). The first-order valence-electron chi connectivity index (χ1n) is 4.61. The zero-order chi connectivity index (χ0) is 10.8. The van der Waals surface area contributed by atoms with E-state index in [0.29, 0.717) is 13.1 Å². The molecule has 0 aliphatic heterocycles. The van der Waals surface area contributed by atoms with Crippen molar-refractivity contribution in [3.05, 3.63) is 30.0 Å². The van der Waals surface area contributed by atoms with Gasteiger partial charge in [0, 0.05) is 11.9 Å². The van der Waals surface area contributed by atoms with Crippen LogP contribution in [0.25, 0.3) is 10.9 Å². The molecule has 0 radical (unpaired) electrons. The van der Waals surface area contributed by atoms with Crippen molar-refractivity contribution in [2.45, 2.75) is 6.54 Å². The van der Waals surface area contributed by atoms with Crippen molar-refractivity contribution < 1.29 is 9.90 Å². The minimum Gasteiger partial charge on any atom is -0.478 e. The minimum atomic E-state index is -0.927. The highest BCUT2D eigenvalue weighted by atomic mass is 16.4. The Kier molecular flexibility index (Phi) is 2.39. The van der Waals surface area contributed by atoms with Crippen molar-refractivity contribution in [1.29, 1.82) is 0 Å². The van der Waals surface area contributed by atoms with Gasteiger partial charge in [0.15, 0.2) is 0 Å². The van der Waals surface area contributed by atoms with Gasteiger partial charge in [0.05, 0.1) is 23.8 Å². The first-order chi connectivity index (χ1) is 7.22. The molecule has 0 amide bonds. The monoisotopic (exact) mass is 205 g/mol. The number of rotatable bonds is 3. The SMILES string of the molecule is NCCn1ncc2cc(C(=O)O)ccc21. The van der Waals surface area contributed by atoms with Crippen LogP contribution in [0.3, 0.4) is 0 Å². The number of nitrogens with two attached hydrogens (primary N) is 1. The Balaban J connectivity index is 2.51. The standard InChI is InChI=1S/C10H11N3O2/c11-3-4-13-9-2-1-7(10(14)15)5-8(9)6-12-13/h1-2,5-6H,3-4,11H2,(H,14,15).